The van der Waals surface area contributed by atoms with E-state index in [0.29, 0.717) is 30.5 Å². The lowest BCUT2D eigenvalue weighted by molar-refractivity contribution is -0.120. The van der Waals surface area contributed by atoms with Crippen LogP contribution in [0.15, 0.2) is 59.1 Å². The maximum atomic E-state index is 12.4. The van der Waals surface area contributed by atoms with E-state index in [1.54, 1.807) is 6.07 Å². The van der Waals surface area contributed by atoms with Crippen molar-refractivity contribution in [3.8, 4) is 22.8 Å². The summed E-state index contributed by atoms with van der Waals surface area (Å²) < 4.78 is 16.8. The molecule has 1 atom stereocenters. The molecule has 0 radical (unpaired) electrons. The van der Waals surface area contributed by atoms with Crippen LogP contribution in [0.25, 0.3) is 11.3 Å². The quantitative estimate of drug-likeness (QED) is 0.408. The second kappa shape index (κ2) is 12.4. The molecular weight excluding hydrogens is 434 g/mol. The third-order valence-electron chi connectivity index (χ3n) is 4.98. The third-order valence-corrected chi connectivity index (χ3v) is 4.98. The molecule has 0 unspecified atom stereocenters. The van der Waals surface area contributed by atoms with Crippen LogP contribution >= 0.6 is 0 Å². The third kappa shape index (κ3) is 6.84. The fraction of sp³-hybridized carbons (Fsp3) is 0.346. The molecule has 180 valence electrons. The number of benzene rings is 2. The number of carbonyl (C=O) groups is 2. The van der Waals surface area contributed by atoms with Crippen LogP contribution < -0.4 is 20.1 Å². The Kier molecular flexibility index (Phi) is 9.08. The van der Waals surface area contributed by atoms with Crippen LogP contribution in [-0.4, -0.2) is 36.7 Å². The molecule has 1 heterocycles. The Morgan fingerprint density at radius 3 is 2.38 bits per heavy atom. The fourth-order valence-electron chi connectivity index (χ4n) is 3.20. The van der Waals surface area contributed by atoms with Gasteiger partial charge in [0.1, 0.15) is 0 Å². The van der Waals surface area contributed by atoms with E-state index in [0.717, 1.165) is 24.0 Å². The van der Waals surface area contributed by atoms with E-state index in [-0.39, 0.29) is 24.2 Å². The first-order valence-corrected chi connectivity index (χ1v) is 11.5. The lowest BCUT2D eigenvalue weighted by atomic mass is 10.1. The molecule has 3 aromatic rings. The van der Waals surface area contributed by atoms with E-state index in [1.807, 2.05) is 69.3 Å². The van der Waals surface area contributed by atoms with Crippen molar-refractivity contribution in [2.45, 2.75) is 39.7 Å². The molecule has 3 rings (SSSR count). The lowest BCUT2D eigenvalue weighted by Gasteiger charge is -2.18. The van der Waals surface area contributed by atoms with E-state index in [9.17, 15) is 9.59 Å². The van der Waals surface area contributed by atoms with Gasteiger partial charge in [0.05, 0.1) is 25.8 Å². The summed E-state index contributed by atoms with van der Waals surface area (Å²) in [7, 11) is 0. The predicted octanol–water partition coefficient (Wildman–Crippen LogP) is 4.53. The highest BCUT2D eigenvalue weighted by Crippen LogP contribution is 2.31. The molecule has 0 aliphatic heterocycles. The van der Waals surface area contributed by atoms with Crippen molar-refractivity contribution < 1.29 is 23.6 Å². The van der Waals surface area contributed by atoms with Gasteiger partial charge in [-0.15, -0.1) is 0 Å². The number of hydrogen-bond donors (Lipinski definition) is 2. The Hall–Kier alpha value is -3.81. The van der Waals surface area contributed by atoms with Gasteiger partial charge >= 0.3 is 0 Å². The smallest absolute Gasteiger partial charge is 0.273 e. The molecular formula is C26H31N3O5. The van der Waals surface area contributed by atoms with Gasteiger partial charge in [0, 0.05) is 11.6 Å². The zero-order valence-corrected chi connectivity index (χ0v) is 19.8. The highest BCUT2D eigenvalue weighted by atomic mass is 16.5. The summed E-state index contributed by atoms with van der Waals surface area (Å²) in [5.41, 5.74) is 1.80. The van der Waals surface area contributed by atoms with Crippen LogP contribution in [0.1, 0.15) is 55.7 Å². The van der Waals surface area contributed by atoms with Gasteiger partial charge in [0.2, 0.25) is 5.91 Å². The first-order valence-electron chi connectivity index (χ1n) is 11.5. The molecule has 8 nitrogen and oxygen atoms in total. The number of amides is 2. The molecule has 0 aliphatic rings. The Bertz CT molecular complexity index is 1080. The molecule has 2 amide bonds. The molecule has 2 N–H and O–H groups in total. The summed E-state index contributed by atoms with van der Waals surface area (Å²) in [5, 5.41) is 9.26. The molecule has 0 saturated carbocycles. The van der Waals surface area contributed by atoms with Crippen LogP contribution in [0.2, 0.25) is 0 Å². The van der Waals surface area contributed by atoms with Crippen molar-refractivity contribution >= 4 is 11.8 Å². The SMILES string of the molecule is CCCOc1ccc([C@@H](C)NC(=O)CNC(=O)c2cc(-c3ccccc3)on2)cc1OCCC. The Labute approximate surface area is 199 Å². The largest absolute Gasteiger partial charge is 0.490 e. The second-order valence-corrected chi connectivity index (χ2v) is 7.82. The van der Waals surface area contributed by atoms with Gasteiger partial charge in [0.25, 0.3) is 5.91 Å². The van der Waals surface area contributed by atoms with Crippen molar-refractivity contribution in [1.82, 2.24) is 15.8 Å². The normalized spacial score (nSPS) is 11.5. The van der Waals surface area contributed by atoms with Crippen LogP contribution in [0.5, 0.6) is 11.5 Å². The van der Waals surface area contributed by atoms with Crippen LogP contribution in [0.3, 0.4) is 0 Å². The zero-order valence-electron chi connectivity index (χ0n) is 19.8. The summed E-state index contributed by atoms with van der Waals surface area (Å²) in [5.74, 6) is 1.02. The first kappa shape index (κ1) is 24.8. The van der Waals surface area contributed by atoms with Crippen molar-refractivity contribution in [1.29, 1.82) is 0 Å². The van der Waals surface area contributed by atoms with E-state index in [2.05, 4.69) is 15.8 Å². The average molecular weight is 466 g/mol. The van der Waals surface area contributed by atoms with Gasteiger partial charge in [0.15, 0.2) is 23.0 Å². The maximum absolute atomic E-state index is 12.4. The fourth-order valence-corrected chi connectivity index (χ4v) is 3.20. The van der Waals surface area contributed by atoms with Gasteiger partial charge in [-0.3, -0.25) is 9.59 Å². The monoisotopic (exact) mass is 465 g/mol. The Balaban J connectivity index is 1.55. The highest BCUT2D eigenvalue weighted by molar-refractivity contribution is 5.95. The number of carbonyl (C=O) groups excluding carboxylic acids is 2. The number of rotatable bonds is 12. The van der Waals surface area contributed by atoms with Gasteiger partial charge in [-0.05, 0) is 37.5 Å². The summed E-state index contributed by atoms with van der Waals surface area (Å²) >= 11 is 0. The van der Waals surface area contributed by atoms with E-state index >= 15 is 0 Å². The molecule has 8 heteroatoms. The zero-order chi connectivity index (χ0) is 24.3. The number of nitrogens with zero attached hydrogens (tertiary/aromatic N) is 1. The summed E-state index contributed by atoms with van der Waals surface area (Å²) in [6.07, 6.45) is 1.77. The second-order valence-electron chi connectivity index (χ2n) is 7.82. The van der Waals surface area contributed by atoms with Gasteiger partial charge in [-0.1, -0.05) is 55.4 Å². The van der Waals surface area contributed by atoms with E-state index in [4.69, 9.17) is 14.0 Å². The number of aromatic nitrogens is 1. The highest BCUT2D eigenvalue weighted by Gasteiger charge is 2.17. The van der Waals surface area contributed by atoms with Crippen molar-refractivity contribution in [3.05, 3.63) is 65.9 Å². The van der Waals surface area contributed by atoms with Crippen LogP contribution in [-0.2, 0) is 4.79 Å². The van der Waals surface area contributed by atoms with Gasteiger partial charge in [-0.2, -0.15) is 0 Å². The van der Waals surface area contributed by atoms with E-state index in [1.165, 1.54) is 0 Å². The summed E-state index contributed by atoms with van der Waals surface area (Å²) in [4.78, 5) is 24.8. The van der Waals surface area contributed by atoms with E-state index < -0.39 is 5.91 Å². The Morgan fingerprint density at radius 2 is 1.68 bits per heavy atom. The first-order chi connectivity index (χ1) is 16.5. The van der Waals surface area contributed by atoms with Crippen molar-refractivity contribution in [2.75, 3.05) is 19.8 Å². The van der Waals surface area contributed by atoms with Gasteiger partial charge < -0.3 is 24.6 Å². The molecule has 0 saturated heterocycles. The average Bonchev–Trinajstić information content (AvgIpc) is 3.36. The molecule has 34 heavy (non-hydrogen) atoms. The van der Waals surface area contributed by atoms with Crippen molar-refractivity contribution in [2.24, 2.45) is 0 Å². The van der Waals surface area contributed by atoms with Crippen molar-refractivity contribution in [3.63, 3.8) is 0 Å². The molecule has 0 bridgehead atoms. The molecule has 2 aromatic carbocycles. The minimum absolute atomic E-state index is 0.111. The standard InChI is InChI=1S/C26H31N3O5/c1-4-13-32-22-12-11-20(15-24(22)33-14-5-2)18(3)28-25(30)17-27-26(31)21-16-23(34-29-21)19-9-7-6-8-10-19/h6-12,15-16,18H,4-5,13-14,17H2,1-3H3,(H,27,31)(H,28,30)/t18-/m1/s1. The van der Waals surface area contributed by atoms with Gasteiger partial charge in [-0.25, -0.2) is 0 Å². The minimum Gasteiger partial charge on any atom is -0.490 e. The molecule has 1 aromatic heterocycles. The van der Waals surface area contributed by atoms with Crippen LogP contribution in [0.4, 0.5) is 0 Å². The molecule has 0 aliphatic carbocycles. The topological polar surface area (TPSA) is 103 Å². The lowest BCUT2D eigenvalue weighted by Crippen LogP contribution is -2.38. The number of hydrogen-bond acceptors (Lipinski definition) is 6. The summed E-state index contributed by atoms with van der Waals surface area (Å²) in [6.45, 7) is 6.94. The minimum atomic E-state index is -0.485. The van der Waals surface area contributed by atoms with Crippen LogP contribution in [0, 0.1) is 0 Å². The number of nitrogens with one attached hydrogen (secondary N) is 2. The maximum Gasteiger partial charge on any atom is 0.273 e. The Morgan fingerprint density at radius 1 is 0.971 bits per heavy atom. The molecule has 0 spiro atoms. The number of ether oxygens (including phenoxy) is 2. The predicted molar refractivity (Wildman–Crippen MR) is 129 cm³/mol. The summed E-state index contributed by atoms with van der Waals surface area (Å²) in [6, 6.07) is 16.2. The molecule has 0 fully saturated rings.